The van der Waals surface area contributed by atoms with E-state index in [4.69, 9.17) is 0 Å². The standard InChI is InChI=1S/C10H16/c1-3-5-7-9-10-8-6-4-2/h3,5H,4,6-8H2,1-2H3/b5-3+. The highest BCUT2D eigenvalue weighted by atomic mass is 13.8. The van der Waals surface area contributed by atoms with Crippen molar-refractivity contribution < 1.29 is 0 Å². The zero-order valence-corrected chi connectivity index (χ0v) is 6.98. The van der Waals surface area contributed by atoms with Gasteiger partial charge < -0.3 is 0 Å². The molecule has 0 heteroatoms. The predicted octanol–water partition coefficient (Wildman–Crippen LogP) is 3.15. The van der Waals surface area contributed by atoms with Gasteiger partial charge in [-0.3, -0.25) is 0 Å². The Labute approximate surface area is 64.3 Å². The summed E-state index contributed by atoms with van der Waals surface area (Å²) in [5.74, 6) is 6.20. The molecular formula is C10H16. The zero-order chi connectivity index (χ0) is 7.66. The molecule has 0 aliphatic heterocycles. The molecule has 0 fully saturated rings. The molecule has 0 saturated carbocycles. The van der Waals surface area contributed by atoms with E-state index in [1.54, 1.807) is 0 Å². The molecule has 0 spiro atoms. The molecule has 0 amide bonds. The SMILES string of the molecule is C/C=C/CC#CCCCC. The topological polar surface area (TPSA) is 0 Å². The van der Waals surface area contributed by atoms with Crippen LogP contribution in [0.1, 0.15) is 39.5 Å². The van der Waals surface area contributed by atoms with E-state index in [0.29, 0.717) is 0 Å². The molecular weight excluding hydrogens is 120 g/mol. The van der Waals surface area contributed by atoms with Crippen molar-refractivity contribution in [1.82, 2.24) is 0 Å². The maximum absolute atomic E-state index is 3.12. The molecule has 0 aliphatic carbocycles. The molecule has 0 unspecified atom stereocenters. The molecule has 0 radical (unpaired) electrons. The quantitative estimate of drug-likeness (QED) is 0.317. The molecule has 0 heterocycles. The summed E-state index contributed by atoms with van der Waals surface area (Å²) in [6.45, 7) is 4.21. The van der Waals surface area contributed by atoms with Crippen molar-refractivity contribution in [3.05, 3.63) is 12.2 Å². The van der Waals surface area contributed by atoms with Crippen LogP contribution in [0, 0.1) is 11.8 Å². The van der Waals surface area contributed by atoms with Gasteiger partial charge in [-0.1, -0.05) is 31.4 Å². The van der Waals surface area contributed by atoms with Crippen molar-refractivity contribution in [1.29, 1.82) is 0 Å². The van der Waals surface area contributed by atoms with Gasteiger partial charge in [0.05, 0.1) is 0 Å². The highest BCUT2D eigenvalue weighted by molar-refractivity contribution is 5.03. The van der Waals surface area contributed by atoms with Crippen LogP contribution in [-0.4, -0.2) is 0 Å². The molecule has 0 atom stereocenters. The number of rotatable bonds is 3. The highest BCUT2D eigenvalue weighted by Gasteiger charge is 1.74. The van der Waals surface area contributed by atoms with Crippen molar-refractivity contribution in [3.8, 4) is 11.8 Å². The average molecular weight is 136 g/mol. The molecule has 0 aromatic rings. The molecule has 0 N–H and O–H groups in total. The predicted molar refractivity (Wildman–Crippen MR) is 46.7 cm³/mol. The van der Waals surface area contributed by atoms with E-state index in [0.717, 1.165) is 12.8 Å². The third-order valence-electron chi connectivity index (χ3n) is 1.24. The molecule has 0 aliphatic rings. The molecule has 0 rings (SSSR count). The Hall–Kier alpha value is -0.700. The van der Waals surface area contributed by atoms with Gasteiger partial charge in [0, 0.05) is 12.8 Å². The van der Waals surface area contributed by atoms with Crippen LogP contribution in [0.15, 0.2) is 12.2 Å². The second-order valence-corrected chi connectivity index (χ2v) is 2.23. The van der Waals surface area contributed by atoms with Crippen LogP contribution >= 0.6 is 0 Å². The smallest absolute Gasteiger partial charge is 0.0269 e. The summed E-state index contributed by atoms with van der Waals surface area (Å²) in [6, 6.07) is 0. The third kappa shape index (κ3) is 7.30. The van der Waals surface area contributed by atoms with Crippen molar-refractivity contribution in [3.63, 3.8) is 0 Å². The monoisotopic (exact) mass is 136 g/mol. The van der Waals surface area contributed by atoms with Gasteiger partial charge >= 0.3 is 0 Å². The van der Waals surface area contributed by atoms with Gasteiger partial charge in [0.1, 0.15) is 0 Å². The van der Waals surface area contributed by atoms with E-state index < -0.39 is 0 Å². The van der Waals surface area contributed by atoms with Gasteiger partial charge in [0.15, 0.2) is 0 Å². The fourth-order valence-corrected chi connectivity index (χ4v) is 0.602. The summed E-state index contributed by atoms with van der Waals surface area (Å²) in [5.41, 5.74) is 0. The second kappa shape index (κ2) is 8.30. The van der Waals surface area contributed by atoms with Gasteiger partial charge in [0.25, 0.3) is 0 Å². The van der Waals surface area contributed by atoms with E-state index in [1.165, 1.54) is 12.8 Å². The van der Waals surface area contributed by atoms with Gasteiger partial charge in [-0.25, -0.2) is 0 Å². The minimum absolute atomic E-state index is 0.917. The summed E-state index contributed by atoms with van der Waals surface area (Å²) >= 11 is 0. The lowest BCUT2D eigenvalue weighted by Crippen LogP contribution is -1.66. The molecule has 10 heavy (non-hydrogen) atoms. The van der Waals surface area contributed by atoms with E-state index in [1.807, 2.05) is 13.0 Å². The molecule has 0 aromatic heterocycles. The van der Waals surface area contributed by atoms with E-state index in [-0.39, 0.29) is 0 Å². The van der Waals surface area contributed by atoms with Gasteiger partial charge in [-0.15, -0.1) is 5.92 Å². The normalized spacial score (nSPS) is 9.40. The number of unbranched alkanes of at least 4 members (excludes halogenated alkanes) is 2. The lowest BCUT2D eigenvalue weighted by molar-refractivity contribution is 0.827. The Bertz CT molecular complexity index is 132. The first-order chi connectivity index (χ1) is 4.91. The Morgan fingerprint density at radius 1 is 1.30 bits per heavy atom. The van der Waals surface area contributed by atoms with Crippen LogP contribution in [0.3, 0.4) is 0 Å². The minimum atomic E-state index is 0.917. The van der Waals surface area contributed by atoms with Crippen LogP contribution in [0.2, 0.25) is 0 Å². The summed E-state index contributed by atoms with van der Waals surface area (Å²) in [6.07, 6.45) is 8.59. The van der Waals surface area contributed by atoms with E-state index >= 15 is 0 Å². The van der Waals surface area contributed by atoms with E-state index in [2.05, 4.69) is 24.8 Å². The molecule has 0 bridgehead atoms. The van der Waals surface area contributed by atoms with Crippen LogP contribution in [0.4, 0.5) is 0 Å². The van der Waals surface area contributed by atoms with Crippen molar-refractivity contribution in [2.45, 2.75) is 39.5 Å². The zero-order valence-electron chi connectivity index (χ0n) is 6.98. The summed E-state index contributed by atoms with van der Waals surface area (Å²) < 4.78 is 0. The first kappa shape index (κ1) is 9.30. The first-order valence-corrected chi connectivity index (χ1v) is 3.98. The number of hydrogen-bond acceptors (Lipinski definition) is 0. The number of allylic oxidation sites excluding steroid dienone is 2. The Balaban J connectivity index is 3.14. The first-order valence-electron chi connectivity index (χ1n) is 3.98. The fraction of sp³-hybridized carbons (Fsp3) is 0.600. The van der Waals surface area contributed by atoms with E-state index in [9.17, 15) is 0 Å². The van der Waals surface area contributed by atoms with Crippen molar-refractivity contribution in [2.75, 3.05) is 0 Å². The maximum atomic E-state index is 3.12. The van der Waals surface area contributed by atoms with Crippen LogP contribution in [0.25, 0.3) is 0 Å². The minimum Gasteiger partial charge on any atom is -0.103 e. The largest absolute Gasteiger partial charge is 0.103 e. The third-order valence-corrected chi connectivity index (χ3v) is 1.24. The average Bonchev–Trinajstić information content (AvgIpc) is 1.97. The highest BCUT2D eigenvalue weighted by Crippen LogP contribution is 1.90. The Morgan fingerprint density at radius 2 is 2.10 bits per heavy atom. The summed E-state index contributed by atoms with van der Waals surface area (Å²) in [4.78, 5) is 0. The maximum Gasteiger partial charge on any atom is 0.0269 e. The molecule has 0 aromatic carbocycles. The van der Waals surface area contributed by atoms with Crippen LogP contribution < -0.4 is 0 Å². The lowest BCUT2D eigenvalue weighted by Gasteiger charge is -1.82. The van der Waals surface area contributed by atoms with Gasteiger partial charge in [-0.05, 0) is 13.3 Å². The van der Waals surface area contributed by atoms with Crippen LogP contribution in [-0.2, 0) is 0 Å². The van der Waals surface area contributed by atoms with Crippen molar-refractivity contribution in [2.24, 2.45) is 0 Å². The Kier molecular flexibility index (Phi) is 7.72. The molecule has 0 saturated heterocycles. The molecule has 0 nitrogen and oxygen atoms in total. The van der Waals surface area contributed by atoms with Crippen molar-refractivity contribution >= 4 is 0 Å². The summed E-state index contributed by atoms with van der Waals surface area (Å²) in [5, 5.41) is 0. The van der Waals surface area contributed by atoms with Gasteiger partial charge in [-0.2, -0.15) is 0 Å². The van der Waals surface area contributed by atoms with Gasteiger partial charge in [0.2, 0.25) is 0 Å². The Morgan fingerprint density at radius 3 is 2.70 bits per heavy atom. The summed E-state index contributed by atoms with van der Waals surface area (Å²) in [7, 11) is 0. The second-order valence-electron chi connectivity index (χ2n) is 2.23. The lowest BCUT2D eigenvalue weighted by atomic mass is 10.2. The number of hydrogen-bond donors (Lipinski definition) is 0. The van der Waals surface area contributed by atoms with Crippen LogP contribution in [0.5, 0.6) is 0 Å². The molecule has 56 valence electrons. The fourth-order valence-electron chi connectivity index (χ4n) is 0.602.